The zero-order chi connectivity index (χ0) is 17.8. The highest BCUT2D eigenvalue weighted by atomic mass is 35.5. The van der Waals surface area contributed by atoms with Crippen molar-refractivity contribution in [2.24, 2.45) is 0 Å². The first kappa shape index (κ1) is 17.2. The molecule has 0 spiro atoms. The van der Waals surface area contributed by atoms with E-state index in [1.54, 1.807) is 42.1 Å². The molecule has 3 rings (SSSR count). The zero-order valence-corrected chi connectivity index (χ0v) is 14.7. The van der Waals surface area contributed by atoms with E-state index in [9.17, 15) is 4.79 Å². The summed E-state index contributed by atoms with van der Waals surface area (Å²) in [5.41, 5.74) is 3.01. The first-order chi connectivity index (χ1) is 12.1. The maximum Gasteiger partial charge on any atom is 0.344 e. The smallest absolute Gasteiger partial charge is 0.344 e. The molecule has 0 atom stereocenters. The molecule has 25 heavy (non-hydrogen) atoms. The molecule has 1 heterocycles. The van der Waals surface area contributed by atoms with Crippen LogP contribution in [-0.4, -0.2) is 22.9 Å². The largest absolute Gasteiger partial charge is 0.404 e. The summed E-state index contributed by atoms with van der Waals surface area (Å²) in [6.07, 6.45) is 0. The van der Waals surface area contributed by atoms with Gasteiger partial charge >= 0.3 is 5.97 Å². The molecule has 0 bridgehead atoms. The van der Waals surface area contributed by atoms with Crippen molar-refractivity contribution < 1.29 is 14.3 Å². The Bertz CT molecular complexity index is 871. The van der Waals surface area contributed by atoms with E-state index in [-0.39, 0.29) is 0 Å². The molecule has 3 aromatic rings. The van der Waals surface area contributed by atoms with E-state index in [4.69, 9.17) is 21.1 Å². The van der Waals surface area contributed by atoms with Gasteiger partial charge < -0.3 is 9.47 Å². The van der Waals surface area contributed by atoms with Crippen LogP contribution in [0.2, 0.25) is 5.02 Å². The van der Waals surface area contributed by atoms with Gasteiger partial charge in [-0.2, -0.15) is 5.10 Å². The molecule has 0 fully saturated rings. The fourth-order valence-electron chi connectivity index (χ4n) is 2.31. The summed E-state index contributed by atoms with van der Waals surface area (Å²) in [5, 5.41) is 5.01. The van der Waals surface area contributed by atoms with E-state index in [1.807, 2.05) is 31.2 Å². The lowest BCUT2D eigenvalue weighted by molar-refractivity contribution is 0.0723. The quantitative estimate of drug-likeness (QED) is 0.643. The van der Waals surface area contributed by atoms with Gasteiger partial charge in [-0.3, -0.25) is 0 Å². The topological polar surface area (TPSA) is 53.4 Å². The Morgan fingerprint density at radius 2 is 1.80 bits per heavy atom. The fourth-order valence-corrected chi connectivity index (χ4v) is 2.44. The normalized spacial score (nSPS) is 10.7. The molecule has 0 radical (unpaired) electrons. The van der Waals surface area contributed by atoms with Crippen LogP contribution in [0, 0.1) is 6.92 Å². The first-order valence-corrected chi connectivity index (χ1v) is 8.07. The second-order valence-electron chi connectivity index (χ2n) is 5.55. The zero-order valence-electron chi connectivity index (χ0n) is 13.9. The monoisotopic (exact) mass is 356 g/mol. The Labute approximate surface area is 150 Å². The van der Waals surface area contributed by atoms with Gasteiger partial charge in [-0.25, -0.2) is 9.48 Å². The second-order valence-corrected chi connectivity index (χ2v) is 5.99. The van der Waals surface area contributed by atoms with Crippen molar-refractivity contribution in [1.29, 1.82) is 0 Å². The third-order valence-corrected chi connectivity index (χ3v) is 3.83. The predicted octanol–water partition coefficient (Wildman–Crippen LogP) is 4.20. The molecule has 6 heteroatoms. The van der Waals surface area contributed by atoms with Gasteiger partial charge in [0.05, 0.1) is 23.6 Å². The molecule has 2 aromatic carbocycles. The highest BCUT2D eigenvalue weighted by Crippen LogP contribution is 2.22. The van der Waals surface area contributed by atoms with E-state index >= 15 is 0 Å². The standard InChI is InChI=1S/C19H17ClN2O3/c1-13-3-9-17(10-4-13)22-18(11-16(21-22)12-24-2)25-19(23)14-5-7-15(20)8-6-14/h3-11H,12H2,1-2H3. The molecule has 1 aromatic heterocycles. The fraction of sp³-hybridized carbons (Fsp3) is 0.158. The van der Waals surface area contributed by atoms with Crippen LogP contribution in [0.1, 0.15) is 21.6 Å². The molecule has 0 N–H and O–H groups in total. The summed E-state index contributed by atoms with van der Waals surface area (Å²) in [5.74, 6) is -0.148. The average Bonchev–Trinajstić information content (AvgIpc) is 2.99. The van der Waals surface area contributed by atoms with E-state index < -0.39 is 5.97 Å². The van der Waals surface area contributed by atoms with Crippen molar-refractivity contribution in [1.82, 2.24) is 9.78 Å². The van der Waals surface area contributed by atoms with Crippen LogP contribution in [0.4, 0.5) is 0 Å². The summed E-state index contributed by atoms with van der Waals surface area (Å²) in [6, 6.07) is 16.0. The molecule has 0 aliphatic rings. The second kappa shape index (κ2) is 7.51. The Morgan fingerprint density at radius 3 is 2.44 bits per heavy atom. The summed E-state index contributed by atoms with van der Waals surface area (Å²) < 4.78 is 12.3. The van der Waals surface area contributed by atoms with Crippen LogP contribution in [-0.2, 0) is 11.3 Å². The van der Waals surface area contributed by atoms with E-state index in [2.05, 4.69) is 5.10 Å². The lowest BCUT2D eigenvalue weighted by Gasteiger charge is -2.08. The number of hydrogen-bond acceptors (Lipinski definition) is 4. The van der Waals surface area contributed by atoms with E-state index in [0.717, 1.165) is 11.3 Å². The summed E-state index contributed by atoms with van der Waals surface area (Å²) in [4.78, 5) is 12.4. The van der Waals surface area contributed by atoms with Gasteiger partial charge in [-0.05, 0) is 43.3 Å². The molecular weight excluding hydrogens is 340 g/mol. The number of aryl methyl sites for hydroxylation is 1. The predicted molar refractivity (Wildman–Crippen MR) is 95.4 cm³/mol. The van der Waals surface area contributed by atoms with Crippen LogP contribution in [0.25, 0.3) is 5.69 Å². The van der Waals surface area contributed by atoms with Crippen LogP contribution >= 0.6 is 11.6 Å². The van der Waals surface area contributed by atoms with Crippen molar-refractivity contribution in [2.75, 3.05) is 7.11 Å². The van der Waals surface area contributed by atoms with Crippen molar-refractivity contribution >= 4 is 17.6 Å². The molecule has 5 nitrogen and oxygen atoms in total. The summed E-state index contributed by atoms with van der Waals surface area (Å²) in [6.45, 7) is 2.33. The third-order valence-electron chi connectivity index (χ3n) is 3.58. The Balaban J connectivity index is 1.92. The minimum absolute atomic E-state index is 0.324. The van der Waals surface area contributed by atoms with Crippen LogP contribution in [0.3, 0.4) is 0 Å². The van der Waals surface area contributed by atoms with Crippen LogP contribution in [0.15, 0.2) is 54.6 Å². The average molecular weight is 357 g/mol. The number of carbonyl (C=O) groups is 1. The molecule has 0 unspecified atom stereocenters. The van der Waals surface area contributed by atoms with Gasteiger partial charge in [0.1, 0.15) is 0 Å². The van der Waals surface area contributed by atoms with Gasteiger partial charge in [0.2, 0.25) is 5.88 Å². The maximum atomic E-state index is 12.4. The molecule has 0 saturated carbocycles. The minimum atomic E-state index is -0.478. The van der Waals surface area contributed by atoms with Gasteiger partial charge in [0.25, 0.3) is 0 Å². The van der Waals surface area contributed by atoms with Crippen LogP contribution < -0.4 is 4.74 Å². The number of rotatable bonds is 5. The lowest BCUT2D eigenvalue weighted by Crippen LogP contribution is -2.11. The number of carbonyl (C=O) groups excluding carboxylic acids is 1. The highest BCUT2D eigenvalue weighted by molar-refractivity contribution is 6.30. The summed E-state index contributed by atoms with van der Waals surface area (Å²) in [7, 11) is 1.59. The maximum absolute atomic E-state index is 12.4. The minimum Gasteiger partial charge on any atom is -0.404 e. The number of benzene rings is 2. The molecule has 0 aliphatic heterocycles. The van der Waals surface area contributed by atoms with Gasteiger partial charge in [-0.1, -0.05) is 29.3 Å². The number of nitrogens with zero attached hydrogens (tertiary/aromatic N) is 2. The van der Waals surface area contributed by atoms with Crippen molar-refractivity contribution in [3.63, 3.8) is 0 Å². The molecule has 0 aliphatic carbocycles. The Hall–Kier alpha value is -2.63. The molecule has 128 valence electrons. The lowest BCUT2D eigenvalue weighted by atomic mass is 10.2. The number of methoxy groups -OCH3 is 1. The molecule has 0 amide bonds. The van der Waals surface area contributed by atoms with Crippen LogP contribution in [0.5, 0.6) is 5.88 Å². The van der Waals surface area contributed by atoms with Gasteiger partial charge in [-0.15, -0.1) is 0 Å². The highest BCUT2D eigenvalue weighted by Gasteiger charge is 2.16. The summed E-state index contributed by atoms with van der Waals surface area (Å²) >= 11 is 5.85. The SMILES string of the molecule is COCc1cc(OC(=O)c2ccc(Cl)cc2)n(-c2ccc(C)cc2)n1. The van der Waals surface area contributed by atoms with Crippen molar-refractivity contribution in [2.45, 2.75) is 13.5 Å². The third kappa shape index (κ3) is 4.07. The number of esters is 1. The number of hydrogen-bond donors (Lipinski definition) is 0. The van der Waals surface area contributed by atoms with E-state index in [0.29, 0.717) is 28.8 Å². The Morgan fingerprint density at radius 1 is 1.12 bits per heavy atom. The van der Waals surface area contributed by atoms with E-state index in [1.165, 1.54) is 0 Å². The van der Waals surface area contributed by atoms with Gasteiger partial charge in [0.15, 0.2) is 0 Å². The number of ether oxygens (including phenoxy) is 2. The van der Waals surface area contributed by atoms with Crippen molar-refractivity contribution in [3.05, 3.63) is 76.4 Å². The van der Waals surface area contributed by atoms with Crippen molar-refractivity contribution in [3.8, 4) is 11.6 Å². The van der Waals surface area contributed by atoms with Gasteiger partial charge in [0, 0.05) is 18.2 Å². The molecular formula is C19H17ClN2O3. The number of halogens is 1. The number of aromatic nitrogens is 2. The molecule has 0 saturated heterocycles. The Kier molecular flexibility index (Phi) is 5.16. The first-order valence-electron chi connectivity index (χ1n) is 7.69.